The van der Waals surface area contributed by atoms with Gasteiger partial charge in [0, 0.05) is 17.2 Å². The van der Waals surface area contributed by atoms with E-state index >= 15 is 0 Å². The Balaban J connectivity index is 2.08. The maximum absolute atomic E-state index is 9.64. The summed E-state index contributed by atoms with van der Waals surface area (Å²) in [6, 6.07) is 10.1. The van der Waals surface area contributed by atoms with Crippen molar-refractivity contribution in [2.75, 3.05) is 32.6 Å². The topological polar surface area (TPSA) is 41.5 Å². The highest BCUT2D eigenvalue weighted by Crippen LogP contribution is 2.17. The Bertz CT molecular complexity index is 269. The number of thioether (sulfide) groups is 1. The van der Waals surface area contributed by atoms with Gasteiger partial charge in [-0.15, -0.1) is 11.8 Å². The molecule has 1 aromatic carbocycles. The van der Waals surface area contributed by atoms with Crippen molar-refractivity contribution in [2.45, 2.75) is 11.0 Å². The van der Waals surface area contributed by atoms with E-state index in [1.807, 2.05) is 37.4 Å². The van der Waals surface area contributed by atoms with Gasteiger partial charge in [-0.05, 0) is 19.2 Å². The summed E-state index contributed by atoms with van der Waals surface area (Å²) in [7, 11) is 1.88. The molecule has 1 atom stereocenters. The van der Waals surface area contributed by atoms with Crippen LogP contribution in [0.4, 0.5) is 0 Å². The van der Waals surface area contributed by atoms with E-state index in [2.05, 4.69) is 5.32 Å². The van der Waals surface area contributed by atoms with E-state index in [1.165, 1.54) is 4.90 Å². The number of nitrogens with one attached hydrogen (secondary N) is 1. The predicted molar refractivity (Wildman–Crippen MR) is 67.9 cm³/mol. The van der Waals surface area contributed by atoms with E-state index in [0.29, 0.717) is 19.0 Å². The van der Waals surface area contributed by atoms with Gasteiger partial charge < -0.3 is 15.2 Å². The molecule has 0 radical (unpaired) electrons. The molecule has 0 saturated heterocycles. The summed E-state index contributed by atoms with van der Waals surface area (Å²) in [6.45, 7) is 1.86. The molecule has 3 nitrogen and oxygen atoms in total. The molecule has 2 N–H and O–H groups in total. The number of ether oxygens (including phenoxy) is 1. The van der Waals surface area contributed by atoms with Gasteiger partial charge in [0.2, 0.25) is 0 Å². The third-order valence-electron chi connectivity index (χ3n) is 1.99. The van der Waals surface area contributed by atoms with Gasteiger partial charge in [0.15, 0.2) is 0 Å². The van der Waals surface area contributed by atoms with E-state index in [9.17, 15) is 5.11 Å². The minimum Gasteiger partial charge on any atom is -0.390 e. The molecular weight excluding hydrogens is 222 g/mol. The normalized spacial score (nSPS) is 12.6. The first-order valence-corrected chi connectivity index (χ1v) is 6.39. The molecule has 16 heavy (non-hydrogen) atoms. The molecular formula is C12H19NO2S. The van der Waals surface area contributed by atoms with Gasteiger partial charge in [0.05, 0.1) is 19.3 Å². The highest BCUT2D eigenvalue weighted by atomic mass is 32.2. The van der Waals surface area contributed by atoms with Crippen molar-refractivity contribution >= 4 is 11.8 Å². The lowest BCUT2D eigenvalue weighted by molar-refractivity contribution is 0.0505. The molecule has 0 aliphatic rings. The Morgan fingerprint density at radius 2 is 2.12 bits per heavy atom. The monoisotopic (exact) mass is 241 g/mol. The first-order chi connectivity index (χ1) is 7.83. The van der Waals surface area contributed by atoms with Crippen LogP contribution in [0.5, 0.6) is 0 Å². The number of benzene rings is 1. The van der Waals surface area contributed by atoms with Gasteiger partial charge in [0.25, 0.3) is 0 Å². The fourth-order valence-electron chi connectivity index (χ4n) is 1.15. The molecule has 0 aromatic heterocycles. The summed E-state index contributed by atoms with van der Waals surface area (Å²) in [5, 5.41) is 12.6. The lowest BCUT2D eigenvalue weighted by atomic mass is 10.4. The van der Waals surface area contributed by atoms with Crippen molar-refractivity contribution in [3.05, 3.63) is 30.3 Å². The Morgan fingerprint density at radius 1 is 1.38 bits per heavy atom. The van der Waals surface area contributed by atoms with Gasteiger partial charge in [-0.1, -0.05) is 18.2 Å². The average Bonchev–Trinajstić information content (AvgIpc) is 2.33. The summed E-state index contributed by atoms with van der Waals surface area (Å²) in [5.74, 6) is 0.670. The second kappa shape index (κ2) is 8.58. The molecule has 0 spiro atoms. The van der Waals surface area contributed by atoms with E-state index < -0.39 is 6.10 Å². The highest BCUT2D eigenvalue weighted by Gasteiger charge is 2.04. The van der Waals surface area contributed by atoms with Crippen LogP contribution < -0.4 is 5.32 Å². The quantitative estimate of drug-likeness (QED) is 0.533. The molecule has 0 fully saturated rings. The number of likely N-dealkylation sites (N-methyl/N-ethyl adjacent to an activating group) is 1. The fourth-order valence-corrected chi connectivity index (χ4v) is 1.98. The smallest absolute Gasteiger partial charge is 0.0867 e. The molecule has 0 heterocycles. The summed E-state index contributed by atoms with van der Waals surface area (Å²) in [6.07, 6.45) is -0.401. The Hall–Kier alpha value is -0.550. The van der Waals surface area contributed by atoms with Crippen molar-refractivity contribution in [3.8, 4) is 0 Å². The molecule has 1 aromatic rings. The second-order valence-electron chi connectivity index (χ2n) is 3.46. The zero-order valence-corrected chi connectivity index (χ0v) is 10.4. The molecule has 0 bridgehead atoms. The van der Waals surface area contributed by atoms with E-state index in [-0.39, 0.29) is 0 Å². The van der Waals surface area contributed by atoms with Crippen molar-refractivity contribution in [2.24, 2.45) is 0 Å². The van der Waals surface area contributed by atoms with Crippen LogP contribution in [0.3, 0.4) is 0 Å². The predicted octanol–water partition coefficient (Wildman–Crippen LogP) is 1.38. The van der Waals surface area contributed by atoms with Crippen LogP contribution in [-0.2, 0) is 4.74 Å². The van der Waals surface area contributed by atoms with E-state index in [0.717, 1.165) is 6.54 Å². The molecule has 0 unspecified atom stereocenters. The standard InChI is InChI=1S/C12H19NO2S/c1-13-7-8-15-9-11(14)10-16-12-5-3-2-4-6-12/h2-6,11,13-14H,7-10H2,1H3/t11-/m1/s1. The van der Waals surface area contributed by atoms with Crippen molar-refractivity contribution in [1.29, 1.82) is 0 Å². The Kier molecular flexibility index (Phi) is 7.25. The van der Waals surface area contributed by atoms with E-state index in [1.54, 1.807) is 11.8 Å². The zero-order valence-electron chi connectivity index (χ0n) is 9.56. The van der Waals surface area contributed by atoms with Crippen LogP contribution >= 0.6 is 11.8 Å². The summed E-state index contributed by atoms with van der Waals surface area (Å²) < 4.78 is 5.30. The average molecular weight is 241 g/mol. The van der Waals surface area contributed by atoms with Crippen LogP contribution in [0.25, 0.3) is 0 Å². The third kappa shape index (κ3) is 6.12. The van der Waals surface area contributed by atoms with E-state index in [4.69, 9.17) is 4.74 Å². The lowest BCUT2D eigenvalue weighted by Crippen LogP contribution is -2.22. The van der Waals surface area contributed by atoms with Crippen molar-refractivity contribution < 1.29 is 9.84 Å². The Labute approximate surface area is 101 Å². The number of hydrogen-bond donors (Lipinski definition) is 2. The van der Waals surface area contributed by atoms with Gasteiger partial charge >= 0.3 is 0 Å². The molecule has 90 valence electrons. The molecule has 1 rings (SSSR count). The molecule has 0 amide bonds. The largest absolute Gasteiger partial charge is 0.390 e. The van der Waals surface area contributed by atoms with Crippen LogP contribution in [0.2, 0.25) is 0 Å². The second-order valence-corrected chi connectivity index (χ2v) is 4.55. The van der Waals surface area contributed by atoms with Crippen molar-refractivity contribution in [1.82, 2.24) is 5.32 Å². The number of aliphatic hydroxyl groups is 1. The molecule has 0 aliphatic heterocycles. The first-order valence-electron chi connectivity index (χ1n) is 5.41. The highest BCUT2D eigenvalue weighted by molar-refractivity contribution is 7.99. The maximum atomic E-state index is 9.64. The summed E-state index contributed by atoms with van der Waals surface area (Å²) >= 11 is 1.65. The minimum atomic E-state index is -0.401. The molecule has 0 aliphatic carbocycles. The van der Waals surface area contributed by atoms with Gasteiger partial charge in [-0.3, -0.25) is 0 Å². The van der Waals surface area contributed by atoms with Crippen LogP contribution in [0.1, 0.15) is 0 Å². The molecule has 4 heteroatoms. The summed E-state index contributed by atoms with van der Waals surface area (Å²) in [4.78, 5) is 1.18. The van der Waals surface area contributed by atoms with Crippen LogP contribution in [0.15, 0.2) is 35.2 Å². The number of aliphatic hydroxyl groups excluding tert-OH is 1. The number of rotatable bonds is 8. The first kappa shape index (κ1) is 13.5. The SMILES string of the molecule is CNCCOC[C@@H](O)CSc1ccccc1. The Morgan fingerprint density at radius 3 is 2.81 bits per heavy atom. The van der Waals surface area contributed by atoms with Gasteiger partial charge in [-0.2, -0.15) is 0 Å². The van der Waals surface area contributed by atoms with Gasteiger partial charge in [0.1, 0.15) is 0 Å². The lowest BCUT2D eigenvalue weighted by Gasteiger charge is -2.10. The zero-order chi connectivity index (χ0) is 11.6. The fraction of sp³-hybridized carbons (Fsp3) is 0.500. The number of hydrogen-bond acceptors (Lipinski definition) is 4. The minimum absolute atomic E-state index is 0.401. The third-order valence-corrected chi connectivity index (χ3v) is 3.15. The van der Waals surface area contributed by atoms with Crippen LogP contribution in [0, 0.1) is 0 Å². The van der Waals surface area contributed by atoms with Crippen LogP contribution in [-0.4, -0.2) is 43.8 Å². The van der Waals surface area contributed by atoms with Crippen molar-refractivity contribution in [3.63, 3.8) is 0 Å². The maximum Gasteiger partial charge on any atom is 0.0867 e. The van der Waals surface area contributed by atoms with Gasteiger partial charge in [-0.25, -0.2) is 0 Å². The molecule has 0 saturated carbocycles. The summed E-state index contributed by atoms with van der Waals surface area (Å²) in [5.41, 5.74) is 0.